The van der Waals surface area contributed by atoms with E-state index >= 15 is 0 Å². The smallest absolute Gasteiger partial charge is 0.229 e. The molecule has 0 bridgehead atoms. The second kappa shape index (κ2) is 6.56. The third-order valence-corrected chi connectivity index (χ3v) is 3.37. The summed E-state index contributed by atoms with van der Waals surface area (Å²) in [6.07, 6.45) is -0.244. The van der Waals surface area contributed by atoms with Gasteiger partial charge in [-0.2, -0.15) is 16.7 Å². The molecule has 2 rings (SSSR count). The minimum absolute atomic E-state index is 0.355. The summed E-state index contributed by atoms with van der Waals surface area (Å²) in [4.78, 5) is 4.25. The standard InChI is InChI=1S/C13H16N2O2S/c1-2-18-9-12-14-13(17-15-12)8-11(16)10-6-4-3-5-7-10/h3-7,11,16H,2,8-9H2,1H3. The van der Waals surface area contributed by atoms with Crippen LogP contribution in [0.25, 0.3) is 0 Å². The van der Waals surface area contributed by atoms with Gasteiger partial charge in [-0.15, -0.1) is 0 Å². The number of thioether (sulfide) groups is 1. The summed E-state index contributed by atoms with van der Waals surface area (Å²) in [5, 5.41) is 13.9. The number of benzene rings is 1. The highest BCUT2D eigenvalue weighted by Crippen LogP contribution is 2.17. The molecule has 4 nitrogen and oxygen atoms in total. The highest BCUT2D eigenvalue weighted by atomic mass is 32.2. The minimum Gasteiger partial charge on any atom is -0.388 e. The van der Waals surface area contributed by atoms with Crippen molar-refractivity contribution in [3.05, 3.63) is 47.6 Å². The van der Waals surface area contributed by atoms with Crippen LogP contribution in [0.2, 0.25) is 0 Å². The van der Waals surface area contributed by atoms with E-state index in [0.29, 0.717) is 18.1 Å². The molecule has 0 aliphatic heterocycles. The van der Waals surface area contributed by atoms with Crippen LogP contribution in [0.4, 0.5) is 0 Å². The van der Waals surface area contributed by atoms with Gasteiger partial charge in [-0.1, -0.05) is 42.4 Å². The Morgan fingerprint density at radius 1 is 1.33 bits per heavy atom. The summed E-state index contributed by atoms with van der Waals surface area (Å²) in [5.74, 6) is 2.95. The van der Waals surface area contributed by atoms with Gasteiger partial charge in [0.15, 0.2) is 5.82 Å². The quantitative estimate of drug-likeness (QED) is 0.869. The molecule has 1 N–H and O–H groups in total. The van der Waals surface area contributed by atoms with E-state index in [2.05, 4.69) is 17.1 Å². The van der Waals surface area contributed by atoms with Gasteiger partial charge in [0, 0.05) is 0 Å². The van der Waals surface area contributed by atoms with E-state index in [1.807, 2.05) is 30.3 Å². The summed E-state index contributed by atoms with van der Waals surface area (Å²) in [6, 6.07) is 9.48. The molecule has 1 aromatic heterocycles. The third-order valence-electron chi connectivity index (χ3n) is 2.50. The second-order valence-electron chi connectivity index (χ2n) is 3.87. The lowest BCUT2D eigenvalue weighted by atomic mass is 10.1. The molecule has 1 unspecified atom stereocenters. The molecule has 0 amide bonds. The van der Waals surface area contributed by atoms with Gasteiger partial charge < -0.3 is 9.63 Å². The second-order valence-corrected chi connectivity index (χ2v) is 5.15. The Morgan fingerprint density at radius 3 is 2.83 bits per heavy atom. The lowest BCUT2D eigenvalue weighted by molar-refractivity contribution is 0.164. The van der Waals surface area contributed by atoms with Crippen LogP contribution in [0.15, 0.2) is 34.9 Å². The molecule has 0 saturated heterocycles. The monoisotopic (exact) mass is 264 g/mol. The zero-order valence-corrected chi connectivity index (χ0v) is 11.1. The van der Waals surface area contributed by atoms with Crippen molar-refractivity contribution < 1.29 is 9.63 Å². The van der Waals surface area contributed by atoms with Gasteiger partial charge in [-0.3, -0.25) is 0 Å². The van der Waals surface area contributed by atoms with Crippen molar-refractivity contribution in [3.63, 3.8) is 0 Å². The fourth-order valence-electron chi connectivity index (χ4n) is 1.58. The first-order chi connectivity index (χ1) is 8.79. The highest BCUT2D eigenvalue weighted by Gasteiger charge is 2.13. The molecule has 0 saturated carbocycles. The molecule has 5 heteroatoms. The number of hydrogen-bond donors (Lipinski definition) is 1. The van der Waals surface area contributed by atoms with Crippen LogP contribution in [0, 0.1) is 0 Å². The normalized spacial score (nSPS) is 12.6. The average Bonchev–Trinajstić information content (AvgIpc) is 2.85. The van der Waals surface area contributed by atoms with Crippen molar-refractivity contribution in [2.75, 3.05) is 5.75 Å². The first kappa shape index (κ1) is 13.1. The van der Waals surface area contributed by atoms with Gasteiger partial charge in [0.1, 0.15) is 0 Å². The molecule has 1 heterocycles. The highest BCUT2D eigenvalue weighted by molar-refractivity contribution is 7.98. The average molecular weight is 264 g/mol. The first-order valence-corrected chi connectivity index (χ1v) is 7.07. The number of hydrogen-bond acceptors (Lipinski definition) is 5. The van der Waals surface area contributed by atoms with E-state index in [0.717, 1.165) is 17.1 Å². The Bertz CT molecular complexity index is 473. The summed E-state index contributed by atoms with van der Waals surface area (Å²) in [7, 11) is 0. The number of aliphatic hydroxyl groups excluding tert-OH is 1. The predicted molar refractivity (Wildman–Crippen MR) is 71.2 cm³/mol. The van der Waals surface area contributed by atoms with E-state index < -0.39 is 6.10 Å². The van der Waals surface area contributed by atoms with Crippen LogP contribution in [0.1, 0.15) is 30.3 Å². The van der Waals surface area contributed by atoms with Gasteiger partial charge in [0.25, 0.3) is 0 Å². The molecular weight excluding hydrogens is 248 g/mol. The van der Waals surface area contributed by atoms with Crippen LogP contribution in [0.5, 0.6) is 0 Å². The maximum Gasteiger partial charge on any atom is 0.229 e. The molecule has 0 fully saturated rings. The van der Waals surface area contributed by atoms with E-state index in [-0.39, 0.29) is 0 Å². The topological polar surface area (TPSA) is 59.2 Å². The van der Waals surface area contributed by atoms with Gasteiger partial charge in [0.05, 0.1) is 18.3 Å². The molecule has 1 atom stereocenters. The SMILES string of the molecule is CCSCc1noc(CC(O)c2ccccc2)n1. The third kappa shape index (κ3) is 3.58. The number of aromatic nitrogens is 2. The van der Waals surface area contributed by atoms with Crippen molar-refractivity contribution >= 4 is 11.8 Å². The molecule has 0 aliphatic carbocycles. The summed E-state index contributed by atoms with van der Waals surface area (Å²) >= 11 is 1.74. The number of aliphatic hydroxyl groups is 1. The first-order valence-electron chi connectivity index (χ1n) is 5.91. The Labute approximate surface area is 110 Å². The largest absolute Gasteiger partial charge is 0.388 e. The van der Waals surface area contributed by atoms with E-state index in [1.54, 1.807) is 11.8 Å². The molecular formula is C13H16N2O2S. The Hall–Kier alpha value is -1.33. The van der Waals surface area contributed by atoms with Crippen molar-refractivity contribution in [1.82, 2.24) is 10.1 Å². The van der Waals surface area contributed by atoms with E-state index in [1.165, 1.54) is 0 Å². The molecule has 2 aromatic rings. The molecule has 96 valence electrons. The fraction of sp³-hybridized carbons (Fsp3) is 0.385. The molecule has 0 radical (unpaired) electrons. The zero-order valence-electron chi connectivity index (χ0n) is 10.2. The van der Waals surface area contributed by atoms with Gasteiger partial charge >= 0.3 is 0 Å². The van der Waals surface area contributed by atoms with E-state index in [4.69, 9.17) is 4.52 Å². The van der Waals surface area contributed by atoms with Crippen molar-refractivity contribution in [2.45, 2.75) is 25.2 Å². The molecule has 0 aliphatic rings. The maximum atomic E-state index is 10.0. The molecule has 18 heavy (non-hydrogen) atoms. The van der Waals surface area contributed by atoms with Crippen LogP contribution in [0.3, 0.4) is 0 Å². The van der Waals surface area contributed by atoms with Gasteiger partial charge in [-0.05, 0) is 11.3 Å². The fourth-order valence-corrected chi connectivity index (χ4v) is 2.09. The zero-order chi connectivity index (χ0) is 12.8. The van der Waals surface area contributed by atoms with Crippen molar-refractivity contribution in [1.29, 1.82) is 0 Å². The van der Waals surface area contributed by atoms with Crippen LogP contribution < -0.4 is 0 Å². The lowest BCUT2D eigenvalue weighted by Gasteiger charge is -2.07. The molecule has 1 aromatic carbocycles. The van der Waals surface area contributed by atoms with E-state index in [9.17, 15) is 5.11 Å². The Balaban J connectivity index is 1.95. The maximum absolute atomic E-state index is 10.0. The van der Waals surface area contributed by atoms with Crippen molar-refractivity contribution in [3.8, 4) is 0 Å². The number of rotatable bonds is 6. The predicted octanol–water partition coefficient (Wildman–Crippen LogP) is 2.60. The summed E-state index contributed by atoms with van der Waals surface area (Å²) in [5.41, 5.74) is 0.861. The number of nitrogens with zero attached hydrogens (tertiary/aromatic N) is 2. The van der Waals surface area contributed by atoms with Crippen LogP contribution in [-0.4, -0.2) is 21.0 Å². The molecule has 0 spiro atoms. The minimum atomic E-state index is -0.599. The summed E-state index contributed by atoms with van der Waals surface area (Å²) in [6.45, 7) is 2.09. The Kier molecular flexibility index (Phi) is 4.78. The van der Waals surface area contributed by atoms with Crippen LogP contribution in [-0.2, 0) is 12.2 Å². The van der Waals surface area contributed by atoms with Crippen LogP contribution >= 0.6 is 11.8 Å². The summed E-state index contributed by atoms with van der Waals surface area (Å²) < 4.78 is 5.12. The Morgan fingerprint density at radius 2 is 2.11 bits per heavy atom. The van der Waals surface area contributed by atoms with Crippen molar-refractivity contribution in [2.24, 2.45) is 0 Å². The van der Waals surface area contributed by atoms with Gasteiger partial charge in [0.2, 0.25) is 5.89 Å². The lowest BCUT2D eigenvalue weighted by Crippen LogP contribution is -2.01. The van der Waals surface area contributed by atoms with Gasteiger partial charge in [-0.25, -0.2) is 0 Å².